The van der Waals surface area contributed by atoms with Gasteiger partial charge in [0.25, 0.3) is 0 Å². The van der Waals surface area contributed by atoms with Crippen molar-refractivity contribution < 1.29 is 13.7 Å². The van der Waals surface area contributed by atoms with Crippen molar-refractivity contribution in [3.05, 3.63) is 33.9 Å². The fourth-order valence-corrected chi connectivity index (χ4v) is 2.37. The summed E-state index contributed by atoms with van der Waals surface area (Å²) in [5, 5.41) is 10.6. The van der Waals surface area contributed by atoms with E-state index in [0.717, 1.165) is 17.8 Å². The molecule has 16 heavy (non-hydrogen) atoms. The average molecular weight is 268 g/mol. The second kappa shape index (κ2) is 6.00. The van der Waals surface area contributed by atoms with Crippen molar-refractivity contribution in [1.82, 2.24) is 0 Å². The summed E-state index contributed by atoms with van der Waals surface area (Å²) in [4.78, 5) is 9.73. The Morgan fingerprint density at radius 3 is 2.69 bits per heavy atom. The van der Waals surface area contributed by atoms with Gasteiger partial charge in [-0.2, -0.15) is 4.39 Å². The van der Waals surface area contributed by atoms with Crippen LogP contribution < -0.4 is 0 Å². The van der Waals surface area contributed by atoms with Crippen molar-refractivity contribution in [2.24, 2.45) is 0 Å². The van der Waals surface area contributed by atoms with Crippen LogP contribution in [0, 0.1) is 21.7 Å². The van der Waals surface area contributed by atoms with E-state index in [2.05, 4.69) is 0 Å². The smallest absolute Gasteiger partial charge is 0.258 e. The van der Waals surface area contributed by atoms with Crippen molar-refractivity contribution in [2.45, 2.75) is 11.3 Å². The predicted molar refractivity (Wildman–Crippen MR) is 59.1 cm³/mol. The Morgan fingerprint density at radius 2 is 2.12 bits per heavy atom. The van der Waals surface area contributed by atoms with Crippen molar-refractivity contribution >= 4 is 29.1 Å². The van der Waals surface area contributed by atoms with E-state index < -0.39 is 22.2 Å². The molecule has 0 aliphatic rings. The normalized spacial score (nSPS) is 10.4. The molecule has 0 aliphatic carbocycles. The lowest BCUT2D eigenvalue weighted by Crippen LogP contribution is -1.97. The summed E-state index contributed by atoms with van der Waals surface area (Å²) in [6.45, 7) is 0. The predicted octanol–water partition coefficient (Wildman–Crippen LogP) is 3.59. The van der Waals surface area contributed by atoms with Crippen LogP contribution in [-0.4, -0.2) is 16.6 Å². The van der Waals surface area contributed by atoms with E-state index in [1.807, 2.05) is 0 Å². The van der Waals surface area contributed by atoms with Crippen LogP contribution in [0.3, 0.4) is 0 Å². The highest BCUT2D eigenvalue weighted by molar-refractivity contribution is 7.99. The van der Waals surface area contributed by atoms with Crippen LogP contribution in [0.4, 0.5) is 14.5 Å². The zero-order valence-electron chi connectivity index (χ0n) is 8.08. The lowest BCUT2D eigenvalue weighted by molar-refractivity contribution is -0.390. The van der Waals surface area contributed by atoms with Gasteiger partial charge < -0.3 is 0 Å². The number of nitro groups is 1. The number of hydrogen-bond acceptors (Lipinski definition) is 3. The number of thioether (sulfide) groups is 1. The number of nitro benzene ring substituents is 1. The van der Waals surface area contributed by atoms with Crippen LogP contribution in [0.2, 0.25) is 0 Å². The molecular formula is C9H8ClF2NO2S. The summed E-state index contributed by atoms with van der Waals surface area (Å²) in [6, 6.07) is 1.46. The topological polar surface area (TPSA) is 43.1 Å². The second-order valence-corrected chi connectivity index (χ2v) is 4.40. The summed E-state index contributed by atoms with van der Waals surface area (Å²) < 4.78 is 26.0. The Bertz CT molecular complexity index is 403. The van der Waals surface area contributed by atoms with Gasteiger partial charge >= 0.3 is 5.69 Å². The van der Waals surface area contributed by atoms with Crippen LogP contribution in [0.5, 0.6) is 0 Å². The number of halogens is 3. The van der Waals surface area contributed by atoms with Crippen molar-refractivity contribution in [3.63, 3.8) is 0 Å². The van der Waals surface area contributed by atoms with E-state index >= 15 is 0 Å². The molecule has 0 spiro atoms. The number of alkyl halides is 1. The maximum Gasteiger partial charge on any atom is 0.318 e. The van der Waals surface area contributed by atoms with Gasteiger partial charge in [-0.25, -0.2) is 4.39 Å². The molecule has 0 atom stereocenters. The molecule has 0 saturated heterocycles. The molecule has 0 aromatic heterocycles. The maximum absolute atomic E-state index is 13.1. The van der Waals surface area contributed by atoms with Crippen LogP contribution in [0.1, 0.15) is 6.42 Å². The van der Waals surface area contributed by atoms with Gasteiger partial charge in [-0.15, -0.1) is 23.4 Å². The number of benzene rings is 1. The summed E-state index contributed by atoms with van der Waals surface area (Å²) >= 11 is 6.46. The van der Waals surface area contributed by atoms with Crippen molar-refractivity contribution in [3.8, 4) is 0 Å². The zero-order valence-corrected chi connectivity index (χ0v) is 9.65. The molecule has 0 unspecified atom stereocenters. The largest absolute Gasteiger partial charge is 0.318 e. The van der Waals surface area contributed by atoms with Crippen molar-refractivity contribution in [2.75, 3.05) is 11.6 Å². The minimum absolute atomic E-state index is 0.00684. The van der Waals surface area contributed by atoms with E-state index in [9.17, 15) is 18.9 Å². The average Bonchev–Trinajstić information content (AvgIpc) is 2.16. The quantitative estimate of drug-likeness (QED) is 0.269. The third-order valence-electron chi connectivity index (χ3n) is 1.71. The summed E-state index contributed by atoms with van der Waals surface area (Å²) in [5.74, 6) is -1.10. The van der Waals surface area contributed by atoms with E-state index in [4.69, 9.17) is 11.6 Å². The molecule has 0 amide bonds. The van der Waals surface area contributed by atoms with Gasteiger partial charge in [0.1, 0.15) is 5.82 Å². The molecule has 3 nitrogen and oxygen atoms in total. The second-order valence-electron chi connectivity index (χ2n) is 2.88. The summed E-state index contributed by atoms with van der Waals surface area (Å²) in [7, 11) is 0. The minimum atomic E-state index is -1.15. The van der Waals surface area contributed by atoms with Crippen LogP contribution in [0.25, 0.3) is 0 Å². The fraction of sp³-hybridized carbons (Fsp3) is 0.333. The SMILES string of the molecule is O=[N+]([O-])c1c(F)cc(F)cc1SCCCCl. The van der Waals surface area contributed by atoms with Gasteiger partial charge in [-0.3, -0.25) is 10.1 Å². The molecule has 7 heteroatoms. The number of nitrogens with zero attached hydrogens (tertiary/aromatic N) is 1. The molecule has 1 aromatic rings. The van der Waals surface area contributed by atoms with Gasteiger partial charge in [0.2, 0.25) is 5.82 Å². The molecule has 88 valence electrons. The van der Waals surface area contributed by atoms with Gasteiger partial charge in [-0.05, 0) is 18.2 Å². The van der Waals surface area contributed by atoms with Crippen molar-refractivity contribution in [1.29, 1.82) is 0 Å². The summed E-state index contributed by atoms with van der Waals surface area (Å²) in [5.41, 5.74) is -0.680. The Kier molecular flexibility index (Phi) is 4.95. The van der Waals surface area contributed by atoms with E-state index in [-0.39, 0.29) is 4.90 Å². The first-order valence-electron chi connectivity index (χ1n) is 4.38. The first-order chi connectivity index (χ1) is 7.56. The summed E-state index contributed by atoms with van der Waals surface area (Å²) in [6.07, 6.45) is 0.613. The maximum atomic E-state index is 13.1. The molecule has 0 bridgehead atoms. The van der Waals surface area contributed by atoms with Crippen LogP contribution >= 0.6 is 23.4 Å². The standard InChI is InChI=1S/C9H8ClF2NO2S/c10-2-1-3-16-8-5-6(11)4-7(12)9(8)13(14)15/h4-5H,1-3H2. The highest BCUT2D eigenvalue weighted by atomic mass is 35.5. The number of rotatable bonds is 5. The molecule has 0 radical (unpaired) electrons. The third kappa shape index (κ3) is 3.31. The monoisotopic (exact) mass is 267 g/mol. The molecule has 0 saturated carbocycles. The molecular weight excluding hydrogens is 260 g/mol. The number of hydrogen-bond donors (Lipinski definition) is 0. The first-order valence-corrected chi connectivity index (χ1v) is 5.90. The zero-order chi connectivity index (χ0) is 12.1. The van der Waals surface area contributed by atoms with E-state index in [1.165, 1.54) is 0 Å². The Morgan fingerprint density at radius 1 is 1.44 bits per heavy atom. The third-order valence-corrected chi connectivity index (χ3v) is 3.09. The fourth-order valence-electron chi connectivity index (χ4n) is 1.07. The Balaban J connectivity index is 2.99. The molecule has 1 aromatic carbocycles. The van der Waals surface area contributed by atoms with Gasteiger partial charge in [0.15, 0.2) is 0 Å². The lowest BCUT2D eigenvalue weighted by Gasteiger charge is -2.03. The molecule has 1 rings (SSSR count). The lowest BCUT2D eigenvalue weighted by atomic mass is 10.3. The van der Waals surface area contributed by atoms with Gasteiger partial charge in [0.05, 0.1) is 9.82 Å². The van der Waals surface area contributed by atoms with Crippen LogP contribution in [-0.2, 0) is 0 Å². The molecule has 0 fully saturated rings. The van der Waals surface area contributed by atoms with Gasteiger partial charge in [-0.1, -0.05) is 0 Å². The van der Waals surface area contributed by atoms with Gasteiger partial charge in [0, 0.05) is 11.9 Å². The van der Waals surface area contributed by atoms with E-state index in [1.54, 1.807) is 0 Å². The molecule has 0 N–H and O–H groups in total. The Labute approximate surface area is 99.9 Å². The molecule has 0 aliphatic heterocycles. The van der Waals surface area contributed by atoms with Crippen LogP contribution in [0.15, 0.2) is 17.0 Å². The molecule has 0 heterocycles. The highest BCUT2D eigenvalue weighted by Crippen LogP contribution is 2.32. The first kappa shape index (κ1) is 13.2. The Hall–Kier alpha value is -0.880. The minimum Gasteiger partial charge on any atom is -0.258 e. The highest BCUT2D eigenvalue weighted by Gasteiger charge is 2.21. The van der Waals surface area contributed by atoms with E-state index in [0.29, 0.717) is 24.1 Å².